The second-order valence-corrected chi connectivity index (χ2v) is 4.06. The zero-order chi connectivity index (χ0) is 12.7. The minimum absolute atomic E-state index is 0.168. The van der Waals surface area contributed by atoms with Crippen LogP contribution in [0.15, 0.2) is 30.9 Å². The minimum Gasteiger partial charge on any atom is -0.497 e. The van der Waals surface area contributed by atoms with Crippen LogP contribution in [-0.2, 0) is 6.54 Å². The Kier molecular flexibility index (Phi) is 5.57. The van der Waals surface area contributed by atoms with Gasteiger partial charge in [0.25, 0.3) is 0 Å². The van der Waals surface area contributed by atoms with Gasteiger partial charge in [0.1, 0.15) is 11.5 Å². The first-order chi connectivity index (χ1) is 8.17. The Morgan fingerprint density at radius 3 is 2.76 bits per heavy atom. The molecule has 1 aromatic rings. The number of ether oxygens (including phenoxy) is 2. The maximum Gasteiger partial charge on any atom is 0.124 e. The van der Waals surface area contributed by atoms with E-state index in [9.17, 15) is 0 Å². The van der Waals surface area contributed by atoms with Gasteiger partial charge in [-0.2, -0.15) is 0 Å². The summed E-state index contributed by atoms with van der Waals surface area (Å²) in [6, 6.07) is 5.85. The van der Waals surface area contributed by atoms with E-state index in [1.165, 1.54) is 0 Å². The quantitative estimate of drug-likeness (QED) is 0.582. The van der Waals surface area contributed by atoms with Crippen molar-refractivity contribution in [1.82, 2.24) is 5.32 Å². The summed E-state index contributed by atoms with van der Waals surface area (Å²) in [5, 5.41) is 3.26. The number of methoxy groups -OCH3 is 1. The standard InChI is InChI=1S/C14H21NO2/c1-5-8-15-10-12-9-13(16-4)6-7-14(12)17-11(2)3/h5-7,9,11,15H,1,8,10H2,2-4H3. The Morgan fingerprint density at radius 1 is 1.41 bits per heavy atom. The van der Waals surface area contributed by atoms with Crippen molar-refractivity contribution in [3.63, 3.8) is 0 Å². The molecule has 0 spiro atoms. The highest BCUT2D eigenvalue weighted by atomic mass is 16.5. The van der Waals surface area contributed by atoms with E-state index in [2.05, 4.69) is 11.9 Å². The third kappa shape index (κ3) is 4.49. The maximum atomic E-state index is 5.75. The fourth-order valence-electron chi connectivity index (χ4n) is 1.50. The highest BCUT2D eigenvalue weighted by Crippen LogP contribution is 2.25. The molecule has 0 atom stereocenters. The summed E-state index contributed by atoms with van der Waals surface area (Å²) in [4.78, 5) is 0. The van der Waals surface area contributed by atoms with Crippen LogP contribution in [0.3, 0.4) is 0 Å². The van der Waals surface area contributed by atoms with Gasteiger partial charge < -0.3 is 14.8 Å². The molecule has 3 heteroatoms. The SMILES string of the molecule is C=CCNCc1cc(OC)ccc1OC(C)C. The lowest BCUT2D eigenvalue weighted by Crippen LogP contribution is -2.15. The van der Waals surface area contributed by atoms with Crippen molar-refractivity contribution in [1.29, 1.82) is 0 Å². The van der Waals surface area contributed by atoms with Gasteiger partial charge in [0, 0.05) is 18.7 Å². The van der Waals surface area contributed by atoms with Crippen molar-refractivity contribution in [2.75, 3.05) is 13.7 Å². The lowest BCUT2D eigenvalue weighted by atomic mass is 10.2. The third-order valence-electron chi connectivity index (χ3n) is 2.23. The first kappa shape index (κ1) is 13.6. The molecule has 0 radical (unpaired) electrons. The minimum atomic E-state index is 0.168. The molecule has 0 aliphatic rings. The van der Waals surface area contributed by atoms with E-state index in [1.807, 2.05) is 38.1 Å². The Hall–Kier alpha value is -1.48. The van der Waals surface area contributed by atoms with Gasteiger partial charge in [-0.1, -0.05) is 6.08 Å². The third-order valence-corrected chi connectivity index (χ3v) is 2.23. The smallest absolute Gasteiger partial charge is 0.124 e. The van der Waals surface area contributed by atoms with E-state index < -0.39 is 0 Å². The molecular formula is C14H21NO2. The molecule has 0 saturated carbocycles. The summed E-state index contributed by atoms with van der Waals surface area (Å²) in [7, 11) is 1.67. The molecule has 0 saturated heterocycles. The molecule has 0 bridgehead atoms. The molecule has 0 unspecified atom stereocenters. The van der Waals surface area contributed by atoms with Crippen LogP contribution in [0.25, 0.3) is 0 Å². The van der Waals surface area contributed by atoms with Gasteiger partial charge in [-0.3, -0.25) is 0 Å². The number of rotatable bonds is 7. The predicted octanol–water partition coefficient (Wildman–Crippen LogP) is 2.76. The highest BCUT2D eigenvalue weighted by Gasteiger charge is 2.07. The van der Waals surface area contributed by atoms with E-state index in [4.69, 9.17) is 9.47 Å². The zero-order valence-electron chi connectivity index (χ0n) is 10.8. The van der Waals surface area contributed by atoms with Crippen molar-refractivity contribution in [2.24, 2.45) is 0 Å². The van der Waals surface area contributed by atoms with Crippen LogP contribution in [0.4, 0.5) is 0 Å². The maximum absolute atomic E-state index is 5.75. The molecular weight excluding hydrogens is 214 g/mol. The predicted molar refractivity (Wildman–Crippen MR) is 70.7 cm³/mol. The van der Waals surface area contributed by atoms with Crippen molar-refractivity contribution in [3.8, 4) is 11.5 Å². The molecule has 0 heterocycles. The monoisotopic (exact) mass is 235 g/mol. The van der Waals surface area contributed by atoms with Gasteiger partial charge in [0.15, 0.2) is 0 Å². The van der Waals surface area contributed by atoms with Gasteiger partial charge >= 0.3 is 0 Å². The molecule has 1 rings (SSSR count). The Bertz CT molecular complexity index is 361. The fourth-order valence-corrected chi connectivity index (χ4v) is 1.50. The van der Waals surface area contributed by atoms with Crippen LogP contribution < -0.4 is 14.8 Å². The van der Waals surface area contributed by atoms with Crippen molar-refractivity contribution in [2.45, 2.75) is 26.5 Å². The van der Waals surface area contributed by atoms with E-state index >= 15 is 0 Å². The van der Waals surface area contributed by atoms with E-state index in [0.717, 1.165) is 30.2 Å². The van der Waals surface area contributed by atoms with Gasteiger partial charge in [0.2, 0.25) is 0 Å². The second-order valence-electron chi connectivity index (χ2n) is 4.06. The molecule has 3 nitrogen and oxygen atoms in total. The Labute approximate surface area is 103 Å². The Balaban J connectivity index is 2.82. The highest BCUT2D eigenvalue weighted by molar-refractivity contribution is 5.40. The van der Waals surface area contributed by atoms with Gasteiger partial charge in [-0.15, -0.1) is 6.58 Å². The van der Waals surface area contributed by atoms with Crippen LogP contribution >= 0.6 is 0 Å². The molecule has 0 aliphatic heterocycles. The van der Waals surface area contributed by atoms with Crippen LogP contribution in [0, 0.1) is 0 Å². The summed E-state index contributed by atoms with van der Waals surface area (Å²) >= 11 is 0. The van der Waals surface area contributed by atoms with Crippen molar-refractivity contribution < 1.29 is 9.47 Å². The number of hydrogen-bond donors (Lipinski definition) is 1. The lowest BCUT2D eigenvalue weighted by Gasteiger charge is -2.15. The van der Waals surface area contributed by atoms with Crippen LogP contribution in [0.2, 0.25) is 0 Å². The largest absolute Gasteiger partial charge is 0.497 e. The molecule has 17 heavy (non-hydrogen) atoms. The topological polar surface area (TPSA) is 30.5 Å². The summed E-state index contributed by atoms with van der Waals surface area (Å²) in [6.45, 7) is 9.23. The lowest BCUT2D eigenvalue weighted by molar-refractivity contribution is 0.239. The molecule has 94 valence electrons. The van der Waals surface area contributed by atoms with Crippen molar-refractivity contribution in [3.05, 3.63) is 36.4 Å². The van der Waals surface area contributed by atoms with E-state index in [0.29, 0.717) is 0 Å². The fraction of sp³-hybridized carbons (Fsp3) is 0.429. The molecule has 0 amide bonds. The number of benzene rings is 1. The van der Waals surface area contributed by atoms with Crippen LogP contribution in [0.1, 0.15) is 19.4 Å². The van der Waals surface area contributed by atoms with Crippen LogP contribution in [0.5, 0.6) is 11.5 Å². The first-order valence-corrected chi connectivity index (χ1v) is 5.82. The van der Waals surface area contributed by atoms with E-state index in [-0.39, 0.29) is 6.10 Å². The van der Waals surface area contributed by atoms with Gasteiger partial charge in [0.05, 0.1) is 13.2 Å². The summed E-state index contributed by atoms with van der Waals surface area (Å²) in [5.41, 5.74) is 1.10. The Morgan fingerprint density at radius 2 is 2.18 bits per heavy atom. The van der Waals surface area contributed by atoms with Crippen molar-refractivity contribution >= 4 is 0 Å². The summed E-state index contributed by atoms with van der Waals surface area (Å²) in [6.07, 6.45) is 2.00. The second kappa shape index (κ2) is 6.97. The van der Waals surface area contributed by atoms with Gasteiger partial charge in [-0.05, 0) is 32.0 Å². The normalized spacial score (nSPS) is 10.4. The average molecular weight is 235 g/mol. The number of hydrogen-bond acceptors (Lipinski definition) is 3. The number of nitrogens with one attached hydrogen (secondary N) is 1. The summed E-state index contributed by atoms with van der Waals surface area (Å²) < 4.78 is 11.0. The molecule has 0 aliphatic carbocycles. The molecule has 1 aromatic carbocycles. The molecule has 1 N–H and O–H groups in total. The summed E-state index contributed by atoms with van der Waals surface area (Å²) in [5.74, 6) is 1.74. The first-order valence-electron chi connectivity index (χ1n) is 5.82. The van der Waals surface area contributed by atoms with Crippen LogP contribution in [-0.4, -0.2) is 19.8 Å². The molecule has 0 fully saturated rings. The van der Waals surface area contributed by atoms with E-state index in [1.54, 1.807) is 7.11 Å². The zero-order valence-corrected chi connectivity index (χ0v) is 10.8. The van der Waals surface area contributed by atoms with Gasteiger partial charge in [-0.25, -0.2) is 0 Å². The molecule has 0 aromatic heterocycles. The average Bonchev–Trinajstić information content (AvgIpc) is 2.30.